The molecule has 0 saturated carbocycles. The van der Waals surface area contributed by atoms with Crippen molar-refractivity contribution in [2.75, 3.05) is 13.2 Å². The third-order valence-electron chi connectivity index (χ3n) is 5.43. The average molecular weight is 530 g/mol. The molecule has 0 bridgehead atoms. The Hall–Kier alpha value is -4.69. The molecule has 2 amide bonds. The summed E-state index contributed by atoms with van der Waals surface area (Å²) in [6.07, 6.45) is 1.40. The molecule has 4 rings (SSSR count). The van der Waals surface area contributed by atoms with Gasteiger partial charge in [0.15, 0.2) is 0 Å². The molecule has 0 aliphatic rings. The zero-order valence-corrected chi connectivity index (χ0v) is 21.2. The van der Waals surface area contributed by atoms with E-state index in [1.165, 1.54) is 6.21 Å². The van der Waals surface area contributed by atoms with E-state index in [1.807, 2.05) is 37.3 Å². The number of hydrogen-bond acceptors (Lipinski definition) is 6. The third kappa shape index (κ3) is 6.74. The molecule has 0 spiro atoms. The minimum absolute atomic E-state index is 0.275. The van der Waals surface area contributed by atoms with Gasteiger partial charge in [0.2, 0.25) is 0 Å². The number of esters is 1. The molecule has 0 unspecified atom stereocenters. The lowest BCUT2D eigenvalue weighted by molar-refractivity contribution is -0.120. The monoisotopic (exact) mass is 529 g/mol. The molecule has 0 aliphatic heterocycles. The number of amides is 2. The number of carbonyl (C=O) groups is 3. The highest BCUT2D eigenvalue weighted by Crippen LogP contribution is 2.27. The summed E-state index contributed by atoms with van der Waals surface area (Å²) in [6.45, 7) is 2.12. The van der Waals surface area contributed by atoms with Crippen LogP contribution < -0.4 is 20.2 Å². The number of carbonyl (C=O) groups excluding carboxylic acids is 3. The Kier molecular flexibility index (Phi) is 8.69. The maximum atomic E-state index is 12.8. The lowest BCUT2D eigenvalue weighted by Crippen LogP contribution is -2.34. The minimum atomic E-state index is -0.549. The molecule has 4 aromatic rings. The lowest BCUT2D eigenvalue weighted by atomic mass is 10.0. The number of rotatable bonds is 9. The van der Waals surface area contributed by atoms with Crippen molar-refractivity contribution in [2.45, 2.75) is 6.92 Å². The summed E-state index contributed by atoms with van der Waals surface area (Å²) in [7, 11) is 0. The van der Waals surface area contributed by atoms with Crippen molar-refractivity contribution in [3.8, 4) is 11.5 Å². The zero-order chi connectivity index (χ0) is 26.9. The zero-order valence-electron chi connectivity index (χ0n) is 20.4. The van der Waals surface area contributed by atoms with E-state index in [4.69, 9.17) is 21.1 Å². The Morgan fingerprint density at radius 3 is 2.34 bits per heavy atom. The molecule has 8 nitrogen and oxygen atoms in total. The first-order chi connectivity index (χ1) is 18.4. The fourth-order valence-electron chi connectivity index (χ4n) is 3.58. The lowest BCUT2D eigenvalue weighted by Gasteiger charge is -2.11. The quantitative estimate of drug-likeness (QED) is 0.137. The van der Waals surface area contributed by atoms with Crippen LogP contribution >= 0.6 is 11.6 Å². The molecule has 4 aromatic carbocycles. The molecule has 0 radical (unpaired) electrons. The van der Waals surface area contributed by atoms with E-state index in [1.54, 1.807) is 54.6 Å². The summed E-state index contributed by atoms with van der Waals surface area (Å²) in [5.74, 6) is -0.568. The minimum Gasteiger partial charge on any atom is -0.494 e. The van der Waals surface area contributed by atoms with E-state index < -0.39 is 17.8 Å². The molecular formula is C29H24ClN3O5. The number of halogens is 1. The molecular weight excluding hydrogens is 506 g/mol. The summed E-state index contributed by atoms with van der Waals surface area (Å²) in [6, 6.07) is 24.0. The van der Waals surface area contributed by atoms with Gasteiger partial charge in [-0.3, -0.25) is 9.59 Å². The predicted molar refractivity (Wildman–Crippen MR) is 146 cm³/mol. The largest absolute Gasteiger partial charge is 0.494 e. The second-order valence-corrected chi connectivity index (χ2v) is 8.46. The number of fused-ring (bicyclic) bond motifs is 1. The topological polar surface area (TPSA) is 106 Å². The van der Waals surface area contributed by atoms with Gasteiger partial charge in [0, 0.05) is 16.1 Å². The van der Waals surface area contributed by atoms with Crippen LogP contribution in [0.3, 0.4) is 0 Å². The summed E-state index contributed by atoms with van der Waals surface area (Å²) in [5.41, 5.74) is 3.62. The highest BCUT2D eigenvalue weighted by Gasteiger charge is 2.14. The third-order valence-corrected chi connectivity index (χ3v) is 5.69. The second kappa shape index (κ2) is 12.5. The highest BCUT2D eigenvalue weighted by atomic mass is 35.5. The summed E-state index contributed by atoms with van der Waals surface area (Å²) in [4.78, 5) is 37.3. The van der Waals surface area contributed by atoms with Crippen molar-refractivity contribution in [1.82, 2.24) is 10.7 Å². The van der Waals surface area contributed by atoms with Crippen molar-refractivity contribution in [2.24, 2.45) is 5.10 Å². The Labute approximate surface area is 224 Å². The molecule has 0 saturated heterocycles. The number of benzene rings is 4. The van der Waals surface area contributed by atoms with Crippen molar-refractivity contribution >= 4 is 46.4 Å². The van der Waals surface area contributed by atoms with E-state index in [2.05, 4.69) is 15.8 Å². The first-order valence-electron chi connectivity index (χ1n) is 11.8. The summed E-state index contributed by atoms with van der Waals surface area (Å²) < 4.78 is 11.1. The van der Waals surface area contributed by atoms with E-state index in [-0.39, 0.29) is 12.3 Å². The average Bonchev–Trinajstić information content (AvgIpc) is 2.93. The SMILES string of the molecule is CCOc1ccc(C(=O)Oc2ccc3ccccc3c2C=NNC(=O)CNC(=O)c2ccc(Cl)cc2)cc1. The molecule has 9 heteroatoms. The number of hydrogen-bond donors (Lipinski definition) is 2. The van der Waals surface area contributed by atoms with Crippen LogP contribution in [0.1, 0.15) is 33.2 Å². The standard InChI is InChI=1S/C29H24ClN3O5/c1-2-37-23-14-9-21(10-15-23)29(36)38-26-16-11-19-5-3-4-6-24(19)25(26)17-32-33-27(34)18-31-28(35)20-7-12-22(30)13-8-20/h3-17H,2,18H2,1H3,(H,31,35)(H,33,34). The Morgan fingerprint density at radius 2 is 1.61 bits per heavy atom. The van der Waals surface area contributed by atoms with Crippen LogP contribution in [-0.2, 0) is 4.79 Å². The molecule has 0 fully saturated rings. The van der Waals surface area contributed by atoms with Gasteiger partial charge < -0.3 is 14.8 Å². The van der Waals surface area contributed by atoms with E-state index in [0.717, 1.165) is 10.8 Å². The fraction of sp³-hybridized carbons (Fsp3) is 0.103. The molecule has 0 heterocycles. The Balaban J connectivity index is 1.45. The maximum Gasteiger partial charge on any atom is 0.343 e. The number of nitrogens with one attached hydrogen (secondary N) is 2. The van der Waals surface area contributed by atoms with Gasteiger partial charge in [0.25, 0.3) is 11.8 Å². The smallest absolute Gasteiger partial charge is 0.343 e. The highest BCUT2D eigenvalue weighted by molar-refractivity contribution is 6.30. The maximum absolute atomic E-state index is 12.8. The Morgan fingerprint density at radius 1 is 0.895 bits per heavy atom. The first kappa shape index (κ1) is 26.4. The van der Waals surface area contributed by atoms with Crippen LogP contribution in [0.4, 0.5) is 0 Å². The van der Waals surface area contributed by atoms with Crippen LogP contribution in [0, 0.1) is 0 Å². The van der Waals surface area contributed by atoms with Gasteiger partial charge in [-0.2, -0.15) is 5.10 Å². The van der Waals surface area contributed by atoms with Crippen molar-refractivity contribution < 1.29 is 23.9 Å². The molecule has 38 heavy (non-hydrogen) atoms. The van der Waals surface area contributed by atoms with Gasteiger partial charge in [0.1, 0.15) is 11.5 Å². The first-order valence-corrected chi connectivity index (χ1v) is 12.1. The van der Waals surface area contributed by atoms with Crippen molar-refractivity contribution in [1.29, 1.82) is 0 Å². The molecule has 192 valence electrons. The Bertz CT molecular complexity index is 1480. The van der Waals surface area contributed by atoms with E-state index in [0.29, 0.717) is 34.1 Å². The second-order valence-electron chi connectivity index (χ2n) is 8.03. The van der Waals surface area contributed by atoms with Crippen LogP contribution in [-0.4, -0.2) is 37.1 Å². The van der Waals surface area contributed by atoms with Gasteiger partial charge in [-0.25, -0.2) is 10.2 Å². The van der Waals surface area contributed by atoms with Gasteiger partial charge in [-0.1, -0.05) is 41.9 Å². The van der Waals surface area contributed by atoms with Gasteiger partial charge in [-0.05, 0) is 72.3 Å². The summed E-state index contributed by atoms with van der Waals surface area (Å²) in [5, 5.41) is 8.73. The van der Waals surface area contributed by atoms with Crippen molar-refractivity contribution in [3.05, 3.63) is 107 Å². The number of nitrogens with zero attached hydrogens (tertiary/aromatic N) is 1. The van der Waals surface area contributed by atoms with Gasteiger partial charge in [0.05, 0.1) is 24.9 Å². The van der Waals surface area contributed by atoms with Crippen LogP contribution in [0.5, 0.6) is 11.5 Å². The van der Waals surface area contributed by atoms with Crippen LogP contribution in [0.15, 0.2) is 90.0 Å². The normalized spacial score (nSPS) is 10.8. The molecule has 2 N–H and O–H groups in total. The van der Waals surface area contributed by atoms with Gasteiger partial charge >= 0.3 is 5.97 Å². The molecule has 0 aliphatic carbocycles. The van der Waals surface area contributed by atoms with Crippen molar-refractivity contribution in [3.63, 3.8) is 0 Å². The number of ether oxygens (including phenoxy) is 2. The van der Waals surface area contributed by atoms with E-state index in [9.17, 15) is 14.4 Å². The van der Waals surface area contributed by atoms with Crippen LogP contribution in [0.2, 0.25) is 5.02 Å². The molecule has 0 atom stereocenters. The number of hydrazone groups is 1. The molecule has 0 aromatic heterocycles. The fourth-order valence-corrected chi connectivity index (χ4v) is 3.71. The van der Waals surface area contributed by atoms with Crippen LogP contribution in [0.25, 0.3) is 10.8 Å². The summed E-state index contributed by atoms with van der Waals surface area (Å²) >= 11 is 5.83. The van der Waals surface area contributed by atoms with E-state index >= 15 is 0 Å². The van der Waals surface area contributed by atoms with Gasteiger partial charge in [-0.15, -0.1) is 0 Å². The predicted octanol–water partition coefficient (Wildman–Crippen LogP) is 4.99.